The van der Waals surface area contributed by atoms with Crippen LogP contribution in [0.15, 0.2) is 0 Å². The SMILES string of the molecule is CC(C)(C)[Si](C)(C)N1CC(N)C1=O. The van der Waals surface area contributed by atoms with Gasteiger partial charge in [-0.05, 0) is 5.04 Å². The summed E-state index contributed by atoms with van der Waals surface area (Å²) in [5.74, 6) is 0.145. The van der Waals surface area contributed by atoms with Gasteiger partial charge in [0, 0.05) is 6.54 Å². The highest BCUT2D eigenvalue weighted by Crippen LogP contribution is 2.40. The van der Waals surface area contributed by atoms with E-state index in [1.165, 1.54) is 0 Å². The molecule has 0 bridgehead atoms. The van der Waals surface area contributed by atoms with Crippen LogP contribution in [0.25, 0.3) is 0 Å². The maximum atomic E-state index is 11.5. The van der Waals surface area contributed by atoms with Crippen molar-refractivity contribution in [1.29, 1.82) is 0 Å². The molecule has 1 saturated heterocycles. The van der Waals surface area contributed by atoms with Gasteiger partial charge in [-0.15, -0.1) is 0 Å². The molecule has 1 unspecified atom stereocenters. The zero-order valence-electron chi connectivity index (χ0n) is 9.22. The second kappa shape index (κ2) is 2.82. The number of rotatable bonds is 1. The highest BCUT2D eigenvalue weighted by molar-refractivity contribution is 6.80. The summed E-state index contributed by atoms with van der Waals surface area (Å²) in [6.07, 6.45) is 0. The molecule has 1 rings (SSSR count). The monoisotopic (exact) mass is 200 g/mol. The van der Waals surface area contributed by atoms with Crippen molar-refractivity contribution >= 4 is 14.1 Å². The molecule has 1 heterocycles. The predicted molar refractivity (Wildman–Crippen MR) is 56.9 cm³/mol. The van der Waals surface area contributed by atoms with Gasteiger partial charge in [-0.25, -0.2) is 0 Å². The summed E-state index contributed by atoms with van der Waals surface area (Å²) >= 11 is 0. The fourth-order valence-electron chi connectivity index (χ4n) is 1.36. The van der Waals surface area contributed by atoms with Crippen molar-refractivity contribution in [1.82, 2.24) is 4.57 Å². The lowest BCUT2D eigenvalue weighted by molar-refractivity contribution is -0.136. The summed E-state index contributed by atoms with van der Waals surface area (Å²) in [7, 11) is -1.62. The third-order valence-corrected chi connectivity index (χ3v) is 8.90. The van der Waals surface area contributed by atoms with Gasteiger partial charge in [0.05, 0.1) is 0 Å². The third-order valence-electron chi connectivity index (χ3n) is 3.47. The minimum atomic E-state index is -1.62. The van der Waals surface area contributed by atoms with Gasteiger partial charge in [0.25, 0.3) is 0 Å². The van der Waals surface area contributed by atoms with Crippen molar-refractivity contribution in [3.8, 4) is 0 Å². The van der Waals surface area contributed by atoms with Crippen molar-refractivity contribution in [3.63, 3.8) is 0 Å². The lowest BCUT2D eigenvalue weighted by Crippen LogP contribution is -2.71. The van der Waals surface area contributed by atoms with Crippen LogP contribution in [0.5, 0.6) is 0 Å². The predicted octanol–water partition coefficient (Wildman–Crippen LogP) is 1.16. The lowest BCUT2D eigenvalue weighted by Gasteiger charge is -2.52. The summed E-state index contributed by atoms with van der Waals surface area (Å²) in [6, 6.07) is -0.228. The van der Waals surface area contributed by atoms with Gasteiger partial charge in [0.1, 0.15) is 6.04 Å². The number of nitrogens with zero attached hydrogens (tertiary/aromatic N) is 1. The molecule has 1 amide bonds. The van der Waals surface area contributed by atoms with Gasteiger partial charge >= 0.3 is 0 Å². The Balaban J connectivity index is 2.78. The highest BCUT2D eigenvalue weighted by Gasteiger charge is 2.49. The van der Waals surface area contributed by atoms with E-state index >= 15 is 0 Å². The molecule has 1 aliphatic heterocycles. The van der Waals surface area contributed by atoms with E-state index in [-0.39, 0.29) is 17.0 Å². The molecule has 0 aromatic rings. The van der Waals surface area contributed by atoms with Crippen LogP contribution in [0.2, 0.25) is 18.1 Å². The average Bonchev–Trinajstić information content (AvgIpc) is 1.97. The standard InChI is InChI=1S/C9H20N2OSi/c1-9(2,3)13(4,5)11-6-7(10)8(11)12/h7H,6,10H2,1-5H3. The van der Waals surface area contributed by atoms with Crippen LogP contribution in [0, 0.1) is 0 Å². The van der Waals surface area contributed by atoms with Gasteiger partial charge in [-0.3, -0.25) is 4.79 Å². The largest absolute Gasteiger partial charge is 0.366 e. The molecular formula is C9H20N2OSi. The Bertz CT molecular complexity index is 232. The molecule has 76 valence electrons. The van der Waals surface area contributed by atoms with E-state index in [4.69, 9.17) is 5.73 Å². The average molecular weight is 200 g/mol. The van der Waals surface area contributed by atoms with E-state index in [0.717, 1.165) is 6.54 Å². The lowest BCUT2D eigenvalue weighted by atomic mass is 10.2. The van der Waals surface area contributed by atoms with Crippen LogP contribution in [-0.2, 0) is 4.79 Å². The number of hydrogen-bond acceptors (Lipinski definition) is 2. The quantitative estimate of drug-likeness (QED) is 0.510. The first-order valence-electron chi connectivity index (χ1n) is 4.75. The van der Waals surface area contributed by atoms with Gasteiger partial charge in [-0.1, -0.05) is 33.9 Å². The second-order valence-electron chi connectivity index (χ2n) is 5.36. The minimum absolute atomic E-state index is 0.145. The molecule has 0 radical (unpaired) electrons. The number of carbonyl (C=O) groups excluding carboxylic acids is 1. The first-order valence-corrected chi connectivity index (χ1v) is 7.70. The topological polar surface area (TPSA) is 46.3 Å². The molecular weight excluding hydrogens is 180 g/mol. The van der Waals surface area contributed by atoms with Crippen molar-refractivity contribution in [2.24, 2.45) is 5.73 Å². The maximum Gasteiger partial charge on any atom is 0.233 e. The first kappa shape index (κ1) is 10.7. The summed E-state index contributed by atoms with van der Waals surface area (Å²) < 4.78 is 2.01. The third kappa shape index (κ3) is 1.53. The van der Waals surface area contributed by atoms with E-state index in [2.05, 4.69) is 33.9 Å². The van der Waals surface area contributed by atoms with Crippen molar-refractivity contribution in [2.75, 3.05) is 6.54 Å². The Morgan fingerprint density at radius 3 is 2.15 bits per heavy atom. The zero-order chi connectivity index (χ0) is 10.4. The molecule has 0 spiro atoms. The van der Waals surface area contributed by atoms with Crippen LogP contribution < -0.4 is 5.73 Å². The first-order chi connectivity index (χ1) is 5.68. The van der Waals surface area contributed by atoms with Gasteiger partial charge in [0.15, 0.2) is 8.24 Å². The maximum absolute atomic E-state index is 11.5. The van der Waals surface area contributed by atoms with Crippen LogP contribution in [0.3, 0.4) is 0 Å². The van der Waals surface area contributed by atoms with E-state index in [0.29, 0.717) is 0 Å². The number of amides is 1. The van der Waals surface area contributed by atoms with Gasteiger partial charge in [-0.2, -0.15) is 0 Å². The molecule has 1 fully saturated rings. The molecule has 0 aromatic heterocycles. The minimum Gasteiger partial charge on any atom is -0.366 e. The van der Waals surface area contributed by atoms with Gasteiger partial charge < -0.3 is 10.3 Å². The molecule has 0 aromatic carbocycles. The van der Waals surface area contributed by atoms with Gasteiger partial charge in [0.2, 0.25) is 5.91 Å². The molecule has 3 nitrogen and oxygen atoms in total. The second-order valence-corrected chi connectivity index (χ2v) is 10.5. The summed E-state index contributed by atoms with van der Waals surface area (Å²) in [4.78, 5) is 11.5. The Morgan fingerprint density at radius 2 is 1.92 bits per heavy atom. The summed E-state index contributed by atoms with van der Waals surface area (Å²) in [5, 5.41) is 0.225. The van der Waals surface area contributed by atoms with Crippen LogP contribution in [0.1, 0.15) is 20.8 Å². The zero-order valence-corrected chi connectivity index (χ0v) is 10.2. The number of hydrogen-bond donors (Lipinski definition) is 1. The Morgan fingerprint density at radius 1 is 1.46 bits per heavy atom. The normalized spacial score (nSPS) is 24.6. The molecule has 2 N–H and O–H groups in total. The van der Waals surface area contributed by atoms with E-state index < -0.39 is 8.24 Å². The Kier molecular flexibility index (Phi) is 2.32. The molecule has 0 aliphatic carbocycles. The Hall–Kier alpha value is -0.353. The smallest absolute Gasteiger partial charge is 0.233 e. The van der Waals surface area contributed by atoms with Crippen molar-refractivity contribution in [2.45, 2.75) is 44.9 Å². The fourth-order valence-corrected chi connectivity index (χ4v) is 3.54. The highest BCUT2D eigenvalue weighted by atomic mass is 28.3. The van der Waals surface area contributed by atoms with Crippen molar-refractivity contribution in [3.05, 3.63) is 0 Å². The van der Waals surface area contributed by atoms with Crippen LogP contribution >= 0.6 is 0 Å². The molecule has 4 heteroatoms. The van der Waals surface area contributed by atoms with E-state index in [1.54, 1.807) is 0 Å². The van der Waals surface area contributed by atoms with Crippen molar-refractivity contribution < 1.29 is 4.79 Å². The molecule has 0 saturated carbocycles. The summed E-state index contributed by atoms with van der Waals surface area (Å²) in [6.45, 7) is 11.8. The number of carbonyl (C=O) groups is 1. The summed E-state index contributed by atoms with van der Waals surface area (Å²) in [5.41, 5.74) is 5.58. The molecule has 13 heavy (non-hydrogen) atoms. The number of nitrogens with two attached hydrogens (primary N) is 1. The van der Waals surface area contributed by atoms with Crippen LogP contribution in [0.4, 0.5) is 0 Å². The number of β-lactam (4-membered cyclic amide) rings is 1. The molecule has 1 atom stereocenters. The Labute approximate surface area is 81.4 Å². The van der Waals surface area contributed by atoms with E-state index in [9.17, 15) is 4.79 Å². The van der Waals surface area contributed by atoms with Crippen LogP contribution in [-0.4, -0.2) is 31.3 Å². The molecule has 1 aliphatic rings. The fraction of sp³-hybridized carbons (Fsp3) is 0.889. The van der Waals surface area contributed by atoms with E-state index in [1.807, 2.05) is 4.57 Å².